The molecule has 0 saturated carbocycles. The second-order valence-corrected chi connectivity index (χ2v) is 10.6. The lowest BCUT2D eigenvalue weighted by molar-refractivity contribution is -0.385. The number of aryl methyl sites for hydroxylation is 2. The molecule has 1 fully saturated rings. The van der Waals surface area contributed by atoms with Crippen LogP contribution in [0, 0.1) is 24.0 Å². The number of nitrogens with zero attached hydrogens (tertiary/aromatic N) is 3. The van der Waals surface area contributed by atoms with Gasteiger partial charge in [-0.05, 0) is 48.0 Å². The number of hydrogen-bond donors (Lipinski definition) is 0. The zero-order valence-corrected chi connectivity index (χ0v) is 18.4. The molecule has 1 amide bonds. The van der Waals surface area contributed by atoms with E-state index in [-0.39, 0.29) is 43.3 Å². The molecule has 1 aliphatic heterocycles. The fraction of sp³-hybridized carbons (Fsp3) is 0.353. The van der Waals surface area contributed by atoms with Crippen LogP contribution in [0.3, 0.4) is 0 Å². The van der Waals surface area contributed by atoms with E-state index >= 15 is 0 Å². The van der Waals surface area contributed by atoms with E-state index in [9.17, 15) is 23.3 Å². The maximum Gasteiger partial charge on any atom is 0.284 e. The van der Waals surface area contributed by atoms with Crippen LogP contribution in [0.5, 0.6) is 0 Å². The highest BCUT2D eigenvalue weighted by Gasteiger charge is 2.32. The summed E-state index contributed by atoms with van der Waals surface area (Å²) in [6.07, 6.45) is 0. The first-order chi connectivity index (χ1) is 13.1. The van der Waals surface area contributed by atoms with Crippen LogP contribution in [-0.4, -0.2) is 54.6 Å². The highest BCUT2D eigenvalue weighted by atomic mass is 79.9. The first-order valence-electron chi connectivity index (χ1n) is 8.41. The molecule has 0 atom stereocenters. The van der Waals surface area contributed by atoms with E-state index in [1.165, 1.54) is 38.7 Å². The van der Waals surface area contributed by atoms with Gasteiger partial charge in [-0.25, -0.2) is 8.42 Å². The number of nitro groups is 1. The van der Waals surface area contributed by atoms with E-state index in [2.05, 4.69) is 15.9 Å². The van der Waals surface area contributed by atoms with Crippen LogP contribution in [0.25, 0.3) is 0 Å². The Balaban J connectivity index is 1.73. The van der Waals surface area contributed by atoms with Gasteiger partial charge in [0.05, 0.1) is 14.3 Å². The fourth-order valence-corrected chi connectivity index (χ4v) is 6.44. The van der Waals surface area contributed by atoms with Crippen molar-refractivity contribution in [3.05, 3.63) is 54.2 Å². The number of hydrogen-bond acceptors (Lipinski definition) is 6. The first-order valence-corrected chi connectivity index (χ1v) is 11.5. The molecule has 1 aliphatic rings. The van der Waals surface area contributed by atoms with Gasteiger partial charge < -0.3 is 4.90 Å². The maximum atomic E-state index is 12.9. The van der Waals surface area contributed by atoms with Gasteiger partial charge in [-0.1, -0.05) is 0 Å². The predicted octanol–water partition coefficient (Wildman–Crippen LogP) is 3.18. The minimum atomic E-state index is -3.60. The predicted molar refractivity (Wildman–Crippen MR) is 109 cm³/mol. The zero-order valence-electron chi connectivity index (χ0n) is 15.2. The van der Waals surface area contributed by atoms with Gasteiger partial charge in [-0.15, -0.1) is 11.3 Å². The summed E-state index contributed by atoms with van der Waals surface area (Å²) in [5, 5.41) is 11.1. The normalized spacial score (nSPS) is 15.6. The number of nitro benzene ring substituents is 1. The standard InChI is InChI=1S/C17H18BrN3O5S2/c1-11-9-16(12(2)27-11)28(25,26)20-7-5-19(6-8-20)17(22)13-3-4-14(18)15(10-13)21(23)24/h3-4,9-10H,5-8H2,1-2H3. The van der Waals surface area contributed by atoms with E-state index in [4.69, 9.17) is 0 Å². The van der Waals surface area contributed by atoms with Crippen LogP contribution >= 0.6 is 27.3 Å². The van der Waals surface area contributed by atoms with Crippen LogP contribution in [0.1, 0.15) is 20.1 Å². The molecule has 11 heteroatoms. The summed E-state index contributed by atoms with van der Waals surface area (Å²) in [6.45, 7) is 4.46. The third-order valence-electron chi connectivity index (χ3n) is 4.53. The van der Waals surface area contributed by atoms with Gasteiger partial charge in [-0.2, -0.15) is 4.31 Å². The Morgan fingerprint density at radius 3 is 2.36 bits per heavy atom. The monoisotopic (exact) mass is 487 g/mol. The average Bonchev–Trinajstić information content (AvgIpc) is 3.00. The molecule has 1 aromatic carbocycles. The van der Waals surface area contributed by atoms with Crippen LogP contribution in [0.15, 0.2) is 33.6 Å². The molecule has 150 valence electrons. The molecule has 2 heterocycles. The Labute approximate surface area is 175 Å². The van der Waals surface area contributed by atoms with E-state index in [1.54, 1.807) is 13.0 Å². The molecule has 1 aromatic heterocycles. The van der Waals surface area contributed by atoms with E-state index in [0.717, 1.165) is 9.75 Å². The lowest BCUT2D eigenvalue weighted by atomic mass is 10.1. The fourth-order valence-electron chi connectivity index (χ4n) is 3.10. The topological polar surface area (TPSA) is 101 Å². The van der Waals surface area contributed by atoms with Crippen molar-refractivity contribution in [1.29, 1.82) is 0 Å². The molecular weight excluding hydrogens is 470 g/mol. The van der Waals surface area contributed by atoms with Gasteiger partial charge in [0.15, 0.2) is 0 Å². The SMILES string of the molecule is Cc1cc(S(=O)(=O)N2CCN(C(=O)c3ccc(Br)c([N+](=O)[O-])c3)CC2)c(C)s1. The highest BCUT2D eigenvalue weighted by Crippen LogP contribution is 2.29. The second-order valence-electron chi connectivity index (χ2n) is 6.40. The molecular formula is C17H18BrN3O5S2. The number of amides is 1. The van der Waals surface area contributed by atoms with Gasteiger partial charge in [0, 0.05) is 47.6 Å². The lowest BCUT2D eigenvalue weighted by Crippen LogP contribution is -2.50. The van der Waals surface area contributed by atoms with Crippen LogP contribution in [0.4, 0.5) is 5.69 Å². The smallest absolute Gasteiger partial charge is 0.284 e. The molecule has 0 spiro atoms. The molecule has 0 bridgehead atoms. The van der Waals surface area contributed by atoms with Crippen molar-refractivity contribution in [2.24, 2.45) is 0 Å². The average molecular weight is 488 g/mol. The number of rotatable bonds is 4. The molecule has 0 radical (unpaired) electrons. The molecule has 0 unspecified atom stereocenters. The molecule has 2 aromatic rings. The van der Waals surface area contributed by atoms with Crippen molar-refractivity contribution in [2.75, 3.05) is 26.2 Å². The molecule has 3 rings (SSSR count). The molecule has 1 saturated heterocycles. The Morgan fingerprint density at radius 2 is 1.82 bits per heavy atom. The number of carbonyl (C=O) groups excluding carboxylic acids is 1. The summed E-state index contributed by atoms with van der Waals surface area (Å²) in [4.78, 5) is 26.7. The van der Waals surface area contributed by atoms with Gasteiger partial charge in [-0.3, -0.25) is 14.9 Å². The third-order valence-corrected chi connectivity index (χ3v) is 8.32. The Morgan fingerprint density at radius 1 is 1.18 bits per heavy atom. The van der Waals surface area contributed by atoms with E-state index in [1.807, 2.05) is 6.92 Å². The van der Waals surface area contributed by atoms with Gasteiger partial charge in [0.2, 0.25) is 10.0 Å². The van der Waals surface area contributed by atoms with Gasteiger partial charge in [0.1, 0.15) is 0 Å². The Hall–Kier alpha value is -1.82. The second kappa shape index (κ2) is 7.90. The van der Waals surface area contributed by atoms with Crippen molar-refractivity contribution in [1.82, 2.24) is 9.21 Å². The first kappa shape index (κ1) is 20.9. The summed E-state index contributed by atoms with van der Waals surface area (Å²) < 4.78 is 27.4. The number of benzene rings is 1. The molecule has 28 heavy (non-hydrogen) atoms. The van der Waals surface area contributed by atoms with Crippen molar-refractivity contribution < 1.29 is 18.1 Å². The number of carbonyl (C=O) groups is 1. The third kappa shape index (κ3) is 3.97. The van der Waals surface area contributed by atoms with Gasteiger partial charge >= 0.3 is 0 Å². The van der Waals surface area contributed by atoms with Crippen LogP contribution in [0.2, 0.25) is 0 Å². The highest BCUT2D eigenvalue weighted by molar-refractivity contribution is 9.10. The molecule has 0 aliphatic carbocycles. The van der Waals surface area contributed by atoms with E-state index in [0.29, 0.717) is 9.37 Å². The summed E-state index contributed by atoms with van der Waals surface area (Å²) >= 11 is 4.53. The van der Waals surface area contributed by atoms with Crippen molar-refractivity contribution in [3.8, 4) is 0 Å². The Kier molecular flexibility index (Phi) is 5.89. The summed E-state index contributed by atoms with van der Waals surface area (Å²) in [6, 6.07) is 5.88. The van der Waals surface area contributed by atoms with Crippen molar-refractivity contribution in [2.45, 2.75) is 18.7 Å². The molecule has 8 nitrogen and oxygen atoms in total. The molecule has 0 N–H and O–H groups in total. The van der Waals surface area contributed by atoms with Crippen LogP contribution < -0.4 is 0 Å². The lowest BCUT2D eigenvalue weighted by Gasteiger charge is -2.34. The van der Waals surface area contributed by atoms with Crippen LogP contribution in [-0.2, 0) is 10.0 Å². The summed E-state index contributed by atoms with van der Waals surface area (Å²) in [5.41, 5.74) is 0.0193. The number of sulfonamides is 1. The zero-order chi connectivity index (χ0) is 20.6. The Bertz CT molecular complexity index is 1040. The maximum absolute atomic E-state index is 12.9. The summed E-state index contributed by atoms with van der Waals surface area (Å²) in [7, 11) is -3.60. The minimum absolute atomic E-state index is 0.182. The number of halogens is 1. The minimum Gasteiger partial charge on any atom is -0.336 e. The van der Waals surface area contributed by atoms with Gasteiger partial charge in [0.25, 0.3) is 11.6 Å². The number of thiophene rings is 1. The quantitative estimate of drug-likeness (QED) is 0.486. The number of piperazine rings is 1. The van der Waals surface area contributed by atoms with Crippen molar-refractivity contribution in [3.63, 3.8) is 0 Å². The van der Waals surface area contributed by atoms with E-state index < -0.39 is 14.9 Å². The summed E-state index contributed by atoms with van der Waals surface area (Å²) in [5.74, 6) is -0.352. The largest absolute Gasteiger partial charge is 0.336 e. The van der Waals surface area contributed by atoms with Crippen molar-refractivity contribution >= 4 is 48.9 Å².